The van der Waals surface area contributed by atoms with E-state index in [1.807, 2.05) is 30.3 Å². The van der Waals surface area contributed by atoms with E-state index in [-0.39, 0.29) is 5.91 Å². The molecule has 3 rings (SSSR count). The number of aromatic nitrogens is 2. The molecule has 0 aliphatic carbocycles. The van der Waals surface area contributed by atoms with Crippen molar-refractivity contribution >= 4 is 28.2 Å². The van der Waals surface area contributed by atoms with E-state index in [9.17, 15) is 4.79 Å². The van der Waals surface area contributed by atoms with Crippen LogP contribution in [0.4, 0.5) is 11.4 Å². The number of carbonyl (C=O) groups is 1. The van der Waals surface area contributed by atoms with Gasteiger partial charge in [-0.15, -0.1) is 0 Å². The van der Waals surface area contributed by atoms with Gasteiger partial charge in [0.05, 0.1) is 18.1 Å². The van der Waals surface area contributed by atoms with Gasteiger partial charge in [0.25, 0.3) is 0 Å². The Bertz CT molecular complexity index is 763. The Morgan fingerprint density at radius 3 is 3.00 bits per heavy atom. The van der Waals surface area contributed by atoms with Crippen LogP contribution in [0.5, 0.6) is 0 Å². The Balaban J connectivity index is 1.72. The number of fused-ring (bicyclic) bond motifs is 1. The topological polar surface area (TPSA) is 83.8 Å². The summed E-state index contributed by atoms with van der Waals surface area (Å²) in [5.41, 5.74) is 8.95. The number of hydrogen-bond donors (Lipinski definition) is 3. The first kappa shape index (κ1) is 12.2. The number of benzene rings is 2. The van der Waals surface area contributed by atoms with Crippen LogP contribution in [0.15, 0.2) is 48.7 Å². The molecule has 5 heteroatoms. The Morgan fingerprint density at radius 2 is 2.15 bits per heavy atom. The fraction of sp³-hybridized carbons (Fsp3) is 0.0667. The smallest absolute Gasteiger partial charge is 0.228 e. The van der Waals surface area contributed by atoms with Gasteiger partial charge in [0.15, 0.2) is 0 Å². The fourth-order valence-corrected chi connectivity index (χ4v) is 2.11. The van der Waals surface area contributed by atoms with Gasteiger partial charge in [0, 0.05) is 16.8 Å². The van der Waals surface area contributed by atoms with Crippen LogP contribution in [-0.2, 0) is 11.2 Å². The fourth-order valence-electron chi connectivity index (χ4n) is 2.11. The molecule has 0 bridgehead atoms. The minimum Gasteiger partial charge on any atom is -0.399 e. The molecule has 0 aliphatic rings. The van der Waals surface area contributed by atoms with E-state index in [1.54, 1.807) is 18.3 Å². The van der Waals surface area contributed by atoms with Crippen molar-refractivity contribution in [1.29, 1.82) is 0 Å². The minimum absolute atomic E-state index is 0.0709. The van der Waals surface area contributed by atoms with Crippen molar-refractivity contribution in [2.24, 2.45) is 0 Å². The summed E-state index contributed by atoms with van der Waals surface area (Å²) in [6, 6.07) is 12.9. The van der Waals surface area contributed by atoms with Crippen LogP contribution in [0.1, 0.15) is 5.56 Å². The normalized spacial score (nSPS) is 10.6. The van der Waals surface area contributed by atoms with Crippen molar-refractivity contribution in [3.8, 4) is 0 Å². The second kappa shape index (κ2) is 5.05. The van der Waals surface area contributed by atoms with Gasteiger partial charge in [-0.3, -0.25) is 9.89 Å². The number of aromatic amines is 1. The van der Waals surface area contributed by atoms with Crippen LogP contribution in [0.25, 0.3) is 10.9 Å². The minimum atomic E-state index is -0.0709. The molecule has 0 fully saturated rings. The van der Waals surface area contributed by atoms with Crippen LogP contribution in [0.3, 0.4) is 0 Å². The van der Waals surface area contributed by atoms with E-state index in [1.165, 1.54) is 0 Å². The van der Waals surface area contributed by atoms with Gasteiger partial charge in [-0.1, -0.05) is 12.1 Å². The van der Waals surface area contributed by atoms with Crippen molar-refractivity contribution in [1.82, 2.24) is 10.2 Å². The summed E-state index contributed by atoms with van der Waals surface area (Å²) in [4.78, 5) is 12.0. The van der Waals surface area contributed by atoms with E-state index >= 15 is 0 Å². The maximum atomic E-state index is 12.0. The highest BCUT2D eigenvalue weighted by molar-refractivity contribution is 5.94. The second-order valence-electron chi connectivity index (χ2n) is 4.64. The summed E-state index contributed by atoms with van der Waals surface area (Å²) in [6.45, 7) is 0. The molecule has 0 saturated carbocycles. The van der Waals surface area contributed by atoms with Gasteiger partial charge in [-0.25, -0.2) is 0 Å². The lowest BCUT2D eigenvalue weighted by Crippen LogP contribution is -2.14. The highest BCUT2D eigenvalue weighted by atomic mass is 16.1. The van der Waals surface area contributed by atoms with Gasteiger partial charge in [-0.2, -0.15) is 5.10 Å². The third kappa shape index (κ3) is 2.61. The average molecular weight is 266 g/mol. The van der Waals surface area contributed by atoms with Crippen molar-refractivity contribution in [2.75, 3.05) is 11.1 Å². The Labute approximate surface area is 115 Å². The molecule has 100 valence electrons. The zero-order valence-corrected chi connectivity index (χ0v) is 10.8. The standard InChI is InChI=1S/C15H14N4O/c16-12-3-1-2-10(6-12)7-15(20)18-13-4-5-14-11(8-13)9-17-19-14/h1-6,8-9H,7,16H2,(H,17,19)(H,18,20). The number of nitrogens with zero attached hydrogens (tertiary/aromatic N) is 1. The first-order valence-corrected chi connectivity index (χ1v) is 6.28. The summed E-state index contributed by atoms with van der Waals surface area (Å²) in [5.74, 6) is -0.0709. The molecule has 0 aliphatic heterocycles. The molecular formula is C15H14N4O. The molecule has 0 unspecified atom stereocenters. The highest BCUT2D eigenvalue weighted by Gasteiger charge is 2.05. The molecule has 1 heterocycles. The Morgan fingerprint density at radius 1 is 1.25 bits per heavy atom. The predicted octanol–water partition coefficient (Wildman–Crippen LogP) is 2.33. The molecule has 0 radical (unpaired) electrons. The highest BCUT2D eigenvalue weighted by Crippen LogP contribution is 2.17. The molecule has 4 N–H and O–H groups in total. The Hall–Kier alpha value is -2.82. The summed E-state index contributed by atoms with van der Waals surface area (Å²) in [5, 5.41) is 10.7. The average Bonchev–Trinajstić information content (AvgIpc) is 2.86. The van der Waals surface area contributed by atoms with Gasteiger partial charge in [0.1, 0.15) is 0 Å². The molecule has 1 aromatic heterocycles. The monoisotopic (exact) mass is 266 g/mol. The molecule has 0 saturated heterocycles. The maximum Gasteiger partial charge on any atom is 0.228 e. The van der Waals surface area contributed by atoms with Gasteiger partial charge in [0.2, 0.25) is 5.91 Å². The number of carbonyl (C=O) groups excluding carboxylic acids is 1. The van der Waals surface area contributed by atoms with Gasteiger partial charge in [-0.05, 0) is 35.9 Å². The van der Waals surface area contributed by atoms with E-state index in [0.717, 1.165) is 22.2 Å². The predicted molar refractivity (Wildman–Crippen MR) is 79.3 cm³/mol. The molecule has 0 spiro atoms. The first-order valence-electron chi connectivity index (χ1n) is 6.28. The number of nitrogens with one attached hydrogen (secondary N) is 2. The van der Waals surface area contributed by atoms with Crippen molar-refractivity contribution in [3.63, 3.8) is 0 Å². The number of H-pyrrole nitrogens is 1. The van der Waals surface area contributed by atoms with Crippen molar-refractivity contribution in [2.45, 2.75) is 6.42 Å². The summed E-state index contributed by atoms with van der Waals surface area (Å²) >= 11 is 0. The maximum absolute atomic E-state index is 12.0. The third-order valence-electron chi connectivity index (χ3n) is 3.04. The van der Waals surface area contributed by atoms with E-state index in [0.29, 0.717) is 12.1 Å². The number of nitrogen functional groups attached to an aromatic ring is 1. The molecule has 20 heavy (non-hydrogen) atoms. The van der Waals surface area contributed by atoms with Crippen LogP contribution in [0.2, 0.25) is 0 Å². The number of rotatable bonds is 3. The first-order chi connectivity index (χ1) is 9.70. The van der Waals surface area contributed by atoms with Gasteiger partial charge < -0.3 is 11.1 Å². The third-order valence-corrected chi connectivity index (χ3v) is 3.04. The second-order valence-corrected chi connectivity index (χ2v) is 4.64. The van der Waals surface area contributed by atoms with E-state index in [4.69, 9.17) is 5.73 Å². The largest absolute Gasteiger partial charge is 0.399 e. The van der Waals surface area contributed by atoms with Gasteiger partial charge >= 0.3 is 0 Å². The lowest BCUT2D eigenvalue weighted by atomic mass is 10.1. The molecule has 2 aromatic carbocycles. The summed E-state index contributed by atoms with van der Waals surface area (Å²) in [6.07, 6.45) is 2.03. The van der Waals surface area contributed by atoms with Crippen LogP contribution in [-0.4, -0.2) is 16.1 Å². The Kier molecular flexibility index (Phi) is 3.09. The SMILES string of the molecule is Nc1cccc(CC(=O)Nc2ccc3[nH]ncc3c2)c1. The molecule has 5 nitrogen and oxygen atoms in total. The summed E-state index contributed by atoms with van der Waals surface area (Å²) < 4.78 is 0. The number of anilines is 2. The van der Waals surface area contributed by atoms with Crippen molar-refractivity contribution < 1.29 is 4.79 Å². The zero-order valence-electron chi connectivity index (χ0n) is 10.8. The number of nitrogens with two attached hydrogens (primary N) is 1. The lowest BCUT2D eigenvalue weighted by Gasteiger charge is -2.06. The number of hydrogen-bond acceptors (Lipinski definition) is 3. The molecule has 3 aromatic rings. The lowest BCUT2D eigenvalue weighted by molar-refractivity contribution is -0.115. The van der Waals surface area contributed by atoms with Crippen LogP contribution < -0.4 is 11.1 Å². The molecular weight excluding hydrogens is 252 g/mol. The van der Waals surface area contributed by atoms with Crippen LogP contribution >= 0.6 is 0 Å². The molecule has 0 atom stereocenters. The van der Waals surface area contributed by atoms with Crippen molar-refractivity contribution in [3.05, 3.63) is 54.2 Å². The van der Waals surface area contributed by atoms with Crippen LogP contribution in [0, 0.1) is 0 Å². The van der Waals surface area contributed by atoms with E-state index < -0.39 is 0 Å². The quantitative estimate of drug-likeness (QED) is 0.636. The van der Waals surface area contributed by atoms with E-state index in [2.05, 4.69) is 15.5 Å². The zero-order chi connectivity index (χ0) is 13.9. The summed E-state index contributed by atoms with van der Waals surface area (Å²) in [7, 11) is 0. The molecule has 1 amide bonds. The number of amides is 1.